The maximum absolute atomic E-state index is 13.7. The van der Waals surface area contributed by atoms with Crippen molar-refractivity contribution in [1.82, 2.24) is 14.5 Å². The second kappa shape index (κ2) is 9.96. The average Bonchev–Trinajstić information content (AvgIpc) is 3.58. The molecule has 1 aromatic heterocycles. The Morgan fingerprint density at radius 2 is 1.95 bits per heavy atom. The third-order valence-electron chi connectivity index (χ3n) is 5.65. The smallest absolute Gasteiger partial charge is 0.412 e. The van der Waals surface area contributed by atoms with Gasteiger partial charge in [0.2, 0.25) is 10.0 Å². The molecule has 12 nitrogen and oxygen atoms in total. The molecule has 1 aliphatic heterocycles. The van der Waals surface area contributed by atoms with Crippen LogP contribution in [0.1, 0.15) is 48.7 Å². The second-order valence-corrected chi connectivity index (χ2v) is 13.9. The Morgan fingerprint density at radius 1 is 1.26 bits per heavy atom. The number of sulfonamides is 2. The predicted molar refractivity (Wildman–Crippen MR) is 138 cm³/mol. The summed E-state index contributed by atoms with van der Waals surface area (Å²) in [6.07, 6.45) is 0.125. The molecule has 38 heavy (non-hydrogen) atoms. The summed E-state index contributed by atoms with van der Waals surface area (Å²) in [7, 11) is -8.04. The van der Waals surface area contributed by atoms with Crippen LogP contribution in [-0.4, -0.2) is 62.8 Å². The van der Waals surface area contributed by atoms with E-state index in [1.165, 1.54) is 25.1 Å². The van der Waals surface area contributed by atoms with Crippen LogP contribution < -0.4 is 19.1 Å². The van der Waals surface area contributed by atoms with Crippen molar-refractivity contribution < 1.29 is 42.7 Å². The molecule has 4 rings (SSSR count). The monoisotopic (exact) mass is 581 g/mol. The molecule has 0 radical (unpaired) electrons. The second-order valence-electron chi connectivity index (χ2n) is 10.0. The maximum Gasteiger partial charge on any atom is 0.412 e. The molecular formula is C22H33F2N5O7S2. The zero-order valence-electron chi connectivity index (χ0n) is 21.1. The van der Waals surface area contributed by atoms with Gasteiger partial charge in [0.05, 0.1) is 29.4 Å². The van der Waals surface area contributed by atoms with E-state index in [-0.39, 0.29) is 43.4 Å². The average molecular weight is 582 g/mol. The molecule has 2 heterocycles. The van der Waals surface area contributed by atoms with Gasteiger partial charge in [0.1, 0.15) is 22.4 Å². The van der Waals surface area contributed by atoms with Gasteiger partial charge in [0.25, 0.3) is 10.0 Å². The number of aryl methyl sites for hydroxylation is 1. The topological polar surface area (TPSA) is 149 Å². The Labute approximate surface area is 222 Å². The molecule has 2 aliphatic rings. The molecule has 0 bridgehead atoms. The number of carbonyl (C=O) groups is 1. The lowest BCUT2D eigenvalue weighted by Gasteiger charge is -2.35. The first-order valence-corrected chi connectivity index (χ1v) is 14.7. The number of hydrogen-bond donors (Lipinski definition) is 2. The Morgan fingerprint density at radius 3 is 2.53 bits per heavy atom. The van der Waals surface area contributed by atoms with Gasteiger partial charge in [-0.15, -0.1) is 0 Å². The number of ether oxygens (including phenoxy) is 2. The zero-order chi connectivity index (χ0) is 28.0. The van der Waals surface area contributed by atoms with Crippen molar-refractivity contribution in [1.29, 1.82) is 0 Å². The molecule has 0 unspecified atom stereocenters. The van der Waals surface area contributed by atoms with Gasteiger partial charge in [0, 0.05) is 15.1 Å². The Bertz CT molecular complexity index is 1450. The highest BCUT2D eigenvalue weighted by Crippen LogP contribution is 2.39. The molecule has 0 spiro atoms. The van der Waals surface area contributed by atoms with Crippen molar-refractivity contribution in [2.45, 2.75) is 68.9 Å². The first-order valence-electron chi connectivity index (χ1n) is 11.7. The fourth-order valence-corrected chi connectivity index (χ4v) is 6.85. The fourth-order valence-electron chi connectivity index (χ4n) is 3.79. The minimum atomic E-state index is -4.47. The first kappa shape index (κ1) is 28.0. The van der Waals surface area contributed by atoms with Gasteiger partial charge in [-0.05, 0) is 58.7 Å². The summed E-state index contributed by atoms with van der Waals surface area (Å²) in [4.78, 5) is 11.8. The molecular weight excluding hydrogens is 548 g/mol. The van der Waals surface area contributed by atoms with E-state index in [4.69, 9.17) is 9.47 Å². The predicted octanol–water partition coefficient (Wildman–Crippen LogP) is 3.46. The van der Waals surface area contributed by atoms with Crippen molar-refractivity contribution in [3.63, 3.8) is 0 Å². The minimum Gasteiger partial charge on any atom is -0.485 e. The van der Waals surface area contributed by atoms with E-state index in [9.17, 15) is 30.4 Å². The number of alkyl halides is 2. The minimum absolute atomic E-state index is 0. The van der Waals surface area contributed by atoms with Crippen molar-refractivity contribution in [2.24, 2.45) is 0 Å². The molecule has 2 N–H and O–H groups in total. The maximum atomic E-state index is 13.7. The van der Waals surface area contributed by atoms with Crippen LogP contribution >= 0.6 is 0 Å². The first-order chi connectivity index (χ1) is 17.6. The van der Waals surface area contributed by atoms with Crippen LogP contribution in [0.2, 0.25) is 0 Å². The molecule has 214 valence electrons. The summed E-state index contributed by atoms with van der Waals surface area (Å²) in [6, 6.07) is 4.22. The molecule has 1 atom stereocenters. The summed E-state index contributed by atoms with van der Waals surface area (Å²) >= 11 is 0. The number of nitrogens with zero attached hydrogens (tertiary/aromatic N) is 3. The highest BCUT2D eigenvalue weighted by molar-refractivity contribution is 7.93. The molecule has 1 aliphatic carbocycles. The van der Waals surface area contributed by atoms with E-state index in [0.29, 0.717) is 12.8 Å². The van der Waals surface area contributed by atoms with Crippen LogP contribution in [0.15, 0.2) is 29.3 Å². The van der Waals surface area contributed by atoms with Gasteiger partial charge < -0.3 is 9.47 Å². The molecule has 0 saturated heterocycles. The number of carbonyl (C=O) groups excluding carboxylic acids is 1. The lowest BCUT2D eigenvalue weighted by Crippen LogP contribution is -2.48. The highest BCUT2D eigenvalue weighted by atomic mass is 32.2. The zero-order valence-corrected chi connectivity index (χ0v) is 22.8. The summed E-state index contributed by atoms with van der Waals surface area (Å²) in [5, 5.41) is 5.63. The fraction of sp³-hybridized carbons (Fsp3) is 0.545. The molecule has 1 amide bonds. The molecule has 2 aromatic rings. The van der Waals surface area contributed by atoms with Crippen LogP contribution in [-0.2, 0) is 24.8 Å². The van der Waals surface area contributed by atoms with Crippen LogP contribution in [0, 0.1) is 6.92 Å². The Kier molecular flexibility index (Phi) is 7.35. The van der Waals surface area contributed by atoms with Gasteiger partial charge in [-0.25, -0.2) is 31.0 Å². The van der Waals surface area contributed by atoms with Crippen LogP contribution in [0.4, 0.5) is 25.0 Å². The SMILES string of the molecule is Cc1nn(C(F)F)cc1S(=O)(=O)N1C[C@H](CNS(=O)(=O)C2CC2)Oc2ccc(NC(=O)OC(C)(C)C)cc21.[HH].[HH]. The third kappa shape index (κ3) is 6.18. The van der Waals surface area contributed by atoms with Gasteiger partial charge in [-0.1, -0.05) is 0 Å². The normalized spacial score (nSPS) is 18.2. The lowest BCUT2D eigenvalue weighted by atomic mass is 10.2. The third-order valence-corrected chi connectivity index (χ3v) is 9.45. The van der Waals surface area contributed by atoms with Crippen LogP contribution in [0.25, 0.3) is 0 Å². The standard InChI is InChI=1S/C22H29F2N5O7S2.2H2/c1-13-19(12-28(27-13)20(23)24)38(33,34)29-11-15(10-25-37(31,32)16-6-7-16)35-18-8-5-14(9-17(18)29)26-21(30)36-22(2,3)4;;/h5,8-9,12,15-16,20,25H,6-7,10-11H2,1-4H3,(H,26,30);2*1H/t15-;;/m0../s1. The Balaban J connectivity index is 0.00000280. The largest absolute Gasteiger partial charge is 0.485 e. The summed E-state index contributed by atoms with van der Waals surface area (Å²) in [6.45, 7) is 2.73. The van der Waals surface area contributed by atoms with E-state index in [0.717, 1.165) is 10.5 Å². The number of fused-ring (bicyclic) bond motifs is 1. The van der Waals surface area contributed by atoms with Crippen LogP contribution in [0.3, 0.4) is 0 Å². The van der Waals surface area contributed by atoms with E-state index in [1.807, 2.05) is 0 Å². The molecule has 1 fully saturated rings. The van der Waals surface area contributed by atoms with Gasteiger partial charge in [0.15, 0.2) is 0 Å². The number of aromatic nitrogens is 2. The Hall–Kier alpha value is -2.98. The molecule has 16 heteroatoms. The van der Waals surface area contributed by atoms with Gasteiger partial charge in [-0.2, -0.15) is 13.9 Å². The van der Waals surface area contributed by atoms with E-state index < -0.39 is 54.5 Å². The van der Waals surface area contributed by atoms with Gasteiger partial charge >= 0.3 is 12.6 Å². The summed E-state index contributed by atoms with van der Waals surface area (Å²) < 4.78 is 93.2. The van der Waals surface area contributed by atoms with E-state index in [1.54, 1.807) is 20.8 Å². The number of anilines is 2. The number of rotatable bonds is 8. The summed E-state index contributed by atoms with van der Waals surface area (Å²) in [5.74, 6) is 0.0871. The number of amides is 1. The summed E-state index contributed by atoms with van der Waals surface area (Å²) in [5.41, 5.74) is -0.716. The van der Waals surface area contributed by atoms with Crippen molar-refractivity contribution in [3.05, 3.63) is 30.1 Å². The molecule has 1 aromatic carbocycles. The van der Waals surface area contributed by atoms with E-state index in [2.05, 4.69) is 15.1 Å². The number of nitrogens with one attached hydrogen (secondary N) is 2. The van der Waals surface area contributed by atoms with Crippen molar-refractivity contribution >= 4 is 37.5 Å². The lowest BCUT2D eigenvalue weighted by molar-refractivity contribution is 0.0560. The van der Waals surface area contributed by atoms with E-state index >= 15 is 0 Å². The quantitative estimate of drug-likeness (QED) is 0.481. The number of halogens is 2. The van der Waals surface area contributed by atoms with Crippen molar-refractivity contribution in [2.75, 3.05) is 22.7 Å². The number of benzene rings is 1. The molecule has 1 saturated carbocycles. The van der Waals surface area contributed by atoms with Crippen LogP contribution in [0.5, 0.6) is 5.75 Å². The van der Waals surface area contributed by atoms with Gasteiger partial charge in [-0.3, -0.25) is 9.62 Å². The highest BCUT2D eigenvalue weighted by Gasteiger charge is 2.39. The van der Waals surface area contributed by atoms with Crippen molar-refractivity contribution in [3.8, 4) is 5.75 Å². The number of hydrogen-bond acceptors (Lipinski definition) is 8.